The summed E-state index contributed by atoms with van der Waals surface area (Å²) in [6, 6.07) is 15.4. The van der Waals surface area contributed by atoms with E-state index in [4.69, 9.17) is 11.5 Å². The number of halogens is 1. The molecule has 7 N–H and O–H groups in total. The lowest BCUT2D eigenvalue weighted by Crippen LogP contribution is -2.45. The van der Waals surface area contributed by atoms with Crippen LogP contribution >= 0.6 is 12.4 Å². The number of carboxylic acids is 1. The van der Waals surface area contributed by atoms with Gasteiger partial charge in [-0.15, -0.1) is 12.4 Å². The summed E-state index contributed by atoms with van der Waals surface area (Å²) in [6.07, 6.45) is 3.80. The number of nitrogens with two attached hydrogens (primary N) is 2. The van der Waals surface area contributed by atoms with E-state index >= 15 is 0 Å². The Balaban J connectivity index is 0.000000407. The molecular weight excluding hydrogens is 456 g/mol. The van der Waals surface area contributed by atoms with E-state index in [0.29, 0.717) is 18.9 Å². The van der Waals surface area contributed by atoms with Crippen LogP contribution in [0.5, 0.6) is 0 Å². The smallest absolute Gasteiger partial charge is 0.326 e. The number of amides is 3. The Hall–Kier alpha value is -3.10. The van der Waals surface area contributed by atoms with Gasteiger partial charge in [0.1, 0.15) is 6.04 Å². The molecule has 34 heavy (non-hydrogen) atoms. The minimum atomic E-state index is -0.993. The number of anilines is 1. The second-order valence-corrected chi connectivity index (χ2v) is 8.40. The highest BCUT2D eigenvalue weighted by Crippen LogP contribution is 2.28. The monoisotopic (exact) mass is 490 g/mol. The summed E-state index contributed by atoms with van der Waals surface area (Å²) in [5, 5.41) is 14.5. The zero-order valence-corrected chi connectivity index (χ0v) is 20.2. The first-order valence-corrected chi connectivity index (χ1v) is 11.2. The normalized spacial score (nSPS) is 17.7. The molecule has 2 aromatic carbocycles. The lowest BCUT2D eigenvalue weighted by molar-refractivity contribution is -0.142. The number of nitrogens with one attached hydrogen (secondary N) is 2. The lowest BCUT2D eigenvalue weighted by atomic mass is 9.81. The van der Waals surface area contributed by atoms with Gasteiger partial charge in [-0.2, -0.15) is 0 Å². The van der Waals surface area contributed by atoms with Crippen molar-refractivity contribution >= 4 is 36.0 Å². The Morgan fingerprint density at radius 3 is 2.09 bits per heavy atom. The molecule has 186 valence electrons. The van der Waals surface area contributed by atoms with Crippen molar-refractivity contribution in [2.75, 3.05) is 11.9 Å². The molecule has 0 radical (unpaired) electrons. The lowest BCUT2D eigenvalue weighted by Gasteiger charge is -2.27. The third-order valence-corrected chi connectivity index (χ3v) is 5.77. The fraction of sp³-hybridized carbons (Fsp3) is 0.400. The highest BCUT2D eigenvalue weighted by Gasteiger charge is 2.29. The molecular formula is C25H35ClN4O4. The number of carboxylic acid groups (broad SMARTS) is 1. The quantitative estimate of drug-likeness (QED) is 0.403. The summed E-state index contributed by atoms with van der Waals surface area (Å²) in [6.45, 7) is 2.65. The highest BCUT2D eigenvalue weighted by molar-refractivity contribution is 5.87. The molecule has 1 aliphatic carbocycles. The van der Waals surface area contributed by atoms with Crippen LogP contribution in [-0.4, -0.2) is 35.6 Å². The number of rotatable bonds is 7. The molecule has 9 heteroatoms. The summed E-state index contributed by atoms with van der Waals surface area (Å²) in [5.74, 6) is -0.712. The van der Waals surface area contributed by atoms with E-state index in [9.17, 15) is 19.5 Å². The number of hydrogen-bond donors (Lipinski definition) is 5. The molecule has 2 aromatic rings. The first-order chi connectivity index (χ1) is 15.8. The van der Waals surface area contributed by atoms with Gasteiger partial charge in [0.05, 0.1) is 0 Å². The minimum absolute atomic E-state index is 0. The molecule has 0 saturated heterocycles. The minimum Gasteiger partial charge on any atom is -0.480 e. The Morgan fingerprint density at radius 1 is 1.00 bits per heavy atom. The molecule has 3 rings (SSSR count). The van der Waals surface area contributed by atoms with Crippen molar-refractivity contribution in [1.82, 2.24) is 5.32 Å². The number of aliphatic carboxylic acids is 1. The SMILES string of the molecule is Cc1ccc(NC(N)=O)cc1.Cl.NCC1CCC(C(=O)N[C@@H](Cc2ccccc2)C(=O)O)CC1. The fourth-order valence-corrected chi connectivity index (χ4v) is 3.78. The summed E-state index contributed by atoms with van der Waals surface area (Å²) in [5.41, 5.74) is 13.3. The number of aryl methyl sites for hydroxylation is 1. The molecule has 1 aliphatic rings. The van der Waals surface area contributed by atoms with E-state index < -0.39 is 18.0 Å². The predicted octanol–water partition coefficient (Wildman–Crippen LogP) is 3.47. The Morgan fingerprint density at radius 2 is 1.59 bits per heavy atom. The number of carbonyl (C=O) groups excluding carboxylic acids is 2. The van der Waals surface area contributed by atoms with Crippen molar-refractivity contribution in [3.63, 3.8) is 0 Å². The second-order valence-electron chi connectivity index (χ2n) is 8.40. The number of hydrogen-bond acceptors (Lipinski definition) is 4. The van der Waals surface area contributed by atoms with Crippen molar-refractivity contribution in [3.05, 3.63) is 65.7 Å². The Bertz CT molecular complexity index is 901. The standard InChI is InChI=1S/C17H24N2O3.C8H10N2O.ClH/c18-11-13-6-8-14(9-7-13)16(20)19-15(17(21)22)10-12-4-2-1-3-5-12;1-6-2-4-7(5-3-6)10-8(9)11;/h1-5,13-15H,6-11,18H2,(H,19,20)(H,21,22);2-5H,1H3,(H3,9,10,11);1H/t13?,14?,15-;;/m0../s1. The second kappa shape index (κ2) is 14.9. The summed E-state index contributed by atoms with van der Waals surface area (Å²) < 4.78 is 0. The molecule has 1 atom stereocenters. The van der Waals surface area contributed by atoms with Gasteiger partial charge in [-0.25, -0.2) is 9.59 Å². The topological polar surface area (TPSA) is 148 Å². The van der Waals surface area contributed by atoms with Crippen LogP contribution in [0.25, 0.3) is 0 Å². The van der Waals surface area contributed by atoms with Crippen molar-refractivity contribution in [1.29, 1.82) is 0 Å². The van der Waals surface area contributed by atoms with Gasteiger partial charge < -0.3 is 27.2 Å². The Labute approximate surface area is 206 Å². The van der Waals surface area contributed by atoms with Gasteiger partial charge in [0.25, 0.3) is 0 Å². The van der Waals surface area contributed by atoms with E-state index in [1.807, 2.05) is 49.4 Å². The van der Waals surface area contributed by atoms with Gasteiger partial charge in [0, 0.05) is 18.0 Å². The van der Waals surface area contributed by atoms with Gasteiger partial charge in [0.2, 0.25) is 5.91 Å². The van der Waals surface area contributed by atoms with Crippen LogP contribution in [0.15, 0.2) is 54.6 Å². The van der Waals surface area contributed by atoms with Crippen molar-refractivity contribution < 1.29 is 19.5 Å². The number of carbonyl (C=O) groups is 3. The van der Waals surface area contributed by atoms with Crippen LogP contribution in [0.4, 0.5) is 10.5 Å². The molecule has 1 fully saturated rings. The summed E-state index contributed by atoms with van der Waals surface area (Å²) >= 11 is 0. The van der Waals surface area contributed by atoms with E-state index in [-0.39, 0.29) is 24.2 Å². The Kier molecular flexibility index (Phi) is 12.7. The molecule has 0 bridgehead atoms. The average Bonchev–Trinajstić information content (AvgIpc) is 2.81. The highest BCUT2D eigenvalue weighted by atomic mass is 35.5. The first kappa shape index (κ1) is 28.9. The third-order valence-electron chi connectivity index (χ3n) is 5.77. The molecule has 3 amide bonds. The molecule has 0 aliphatic heterocycles. The van der Waals surface area contributed by atoms with Gasteiger partial charge >= 0.3 is 12.0 Å². The van der Waals surface area contributed by atoms with Crippen molar-refractivity contribution in [3.8, 4) is 0 Å². The van der Waals surface area contributed by atoms with Crippen LogP contribution in [0.2, 0.25) is 0 Å². The fourth-order valence-electron chi connectivity index (χ4n) is 3.78. The number of urea groups is 1. The third kappa shape index (κ3) is 10.2. The predicted molar refractivity (Wildman–Crippen MR) is 136 cm³/mol. The summed E-state index contributed by atoms with van der Waals surface area (Å²) in [4.78, 5) is 34.0. The molecule has 0 unspecified atom stereocenters. The van der Waals surface area contributed by atoms with E-state index in [2.05, 4.69) is 10.6 Å². The maximum absolute atomic E-state index is 12.3. The van der Waals surface area contributed by atoms with Crippen LogP contribution in [0.3, 0.4) is 0 Å². The first-order valence-electron chi connectivity index (χ1n) is 11.2. The van der Waals surface area contributed by atoms with Crippen molar-refractivity contribution in [2.24, 2.45) is 23.3 Å². The number of primary amides is 1. The molecule has 0 spiro atoms. The van der Waals surface area contributed by atoms with Crippen LogP contribution < -0.4 is 22.1 Å². The van der Waals surface area contributed by atoms with E-state index in [1.165, 1.54) is 0 Å². The number of benzene rings is 2. The van der Waals surface area contributed by atoms with Gasteiger partial charge in [0.15, 0.2) is 0 Å². The van der Waals surface area contributed by atoms with Gasteiger partial charge in [-0.1, -0.05) is 48.0 Å². The average molecular weight is 491 g/mol. The van der Waals surface area contributed by atoms with Gasteiger partial charge in [-0.3, -0.25) is 4.79 Å². The van der Waals surface area contributed by atoms with Gasteiger partial charge in [-0.05, 0) is 62.8 Å². The molecule has 1 saturated carbocycles. The van der Waals surface area contributed by atoms with Crippen molar-refractivity contribution in [2.45, 2.75) is 45.1 Å². The maximum Gasteiger partial charge on any atom is 0.326 e. The van der Waals surface area contributed by atoms with E-state index in [0.717, 1.165) is 42.5 Å². The zero-order chi connectivity index (χ0) is 24.2. The molecule has 0 aromatic heterocycles. The molecule has 8 nitrogen and oxygen atoms in total. The summed E-state index contributed by atoms with van der Waals surface area (Å²) in [7, 11) is 0. The molecule has 0 heterocycles. The van der Waals surface area contributed by atoms with Crippen LogP contribution in [-0.2, 0) is 16.0 Å². The maximum atomic E-state index is 12.3. The van der Waals surface area contributed by atoms with Crippen LogP contribution in [0, 0.1) is 18.8 Å². The van der Waals surface area contributed by atoms with Crippen LogP contribution in [0.1, 0.15) is 36.8 Å². The zero-order valence-electron chi connectivity index (χ0n) is 19.4. The largest absolute Gasteiger partial charge is 0.480 e. The van der Waals surface area contributed by atoms with E-state index in [1.54, 1.807) is 12.1 Å².